The number of unbranched alkanes of at least 4 members (excludes halogenated alkanes) is 1. The summed E-state index contributed by atoms with van der Waals surface area (Å²) in [5.41, 5.74) is 8.42. The number of ether oxygens (including phenoxy) is 12. The number of hydrogen-bond donors (Lipinski definition) is 6. The van der Waals surface area contributed by atoms with Crippen LogP contribution in [-0.2, 0) is 79.3 Å². The second kappa shape index (κ2) is 45.9. The van der Waals surface area contributed by atoms with Gasteiger partial charge >= 0.3 is 11.3 Å². The minimum atomic E-state index is -0.675. The number of fused-ring (bicyclic) bond motifs is 3. The van der Waals surface area contributed by atoms with Crippen LogP contribution >= 0.6 is 0 Å². The third-order valence-corrected chi connectivity index (χ3v) is 14.1. The predicted molar refractivity (Wildman–Crippen MR) is 335 cm³/mol. The van der Waals surface area contributed by atoms with E-state index in [2.05, 4.69) is 45.8 Å². The molecule has 4 aromatic rings. The number of aryl methyl sites for hydroxylation is 2. The Hall–Kier alpha value is -6.22. The van der Waals surface area contributed by atoms with Crippen LogP contribution in [0.15, 0.2) is 54.8 Å². The highest BCUT2D eigenvalue weighted by Crippen LogP contribution is 2.39. The van der Waals surface area contributed by atoms with Crippen LogP contribution in [0.1, 0.15) is 84.2 Å². The van der Waals surface area contributed by atoms with Gasteiger partial charge in [-0.25, -0.2) is 21.3 Å². The van der Waals surface area contributed by atoms with Crippen molar-refractivity contribution in [2.75, 3.05) is 208 Å². The van der Waals surface area contributed by atoms with Crippen molar-refractivity contribution >= 4 is 56.9 Å². The Morgan fingerprint density at radius 1 is 0.489 bits per heavy atom. The lowest BCUT2D eigenvalue weighted by molar-refractivity contribution is -0.122. The van der Waals surface area contributed by atoms with Crippen molar-refractivity contribution in [1.29, 1.82) is 0 Å². The number of anilines is 2. The van der Waals surface area contributed by atoms with Gasteiger partial charge in [0.2, 0.25) is 11.8 Å². The van der Waals surface area contributed by atoms with Gasteiger partial charge in [0.15, 0.2) is 0 Å². The van der Waals surface area contributed by atoms with E-state index in [1.807, 2.05) is 23.6 Å². The molecule has 0 radical (unpaired) electrons. The molecule has 4 heterocycles. The van der Waals surface area contributed by atoms with Crippen molar-refractivity contribution in [2.24, 2.45) is 11.7 Å². The molecule has 4 amide bonds. The average molecular weight is 1270 g/mol. The minimum absolute atomic E-state index is 0.00733. The summed E-state index contributed by atoms with van der Waals surface area (Å²) >= 11 is 0. The first-order chi connectivity index (χ1) is 44.1. The summed E-state index contributed by atoms with van der Waals surface area (Å²) in [5.74, 6) is 8.58. The Morgan fingerprint density at radius 3 is 1.39 bits per heavy atom. The monoisotopic (exact) mass is 1270 g/mol. The van der Waals surface area contributed by atoms with Crippen LogP contribution in [0.5, 0.6) is 0 Å². The first-order valence-corrected chi connectivity index (χ1v) is 31.3. The lowest BCUT2D eigenvalue weighted by atomic mass is 9.90. The largest absolute Gasteiger partial charge is 0.422 e. The van der Waals surface area contributed by atoms with Crippen LogP contribution < -0.4 is 54.2 Å². The molecule has 2 aromatic carbocycles. The second-order valence-corrected chi connectivity index (χ2v) is 20.5. The van der Waals surface area contributed by atoms with Gasteiger partial charge in [0.05, 0.1) is 158 Å². The third kappa shape index (κ3) is 28.5. The van der Waals surface area contributed by atoms with Gasteiger partial charge in [0.25, 0.3) is 11.8 Å². The first kappa shape index (κ1) is 74.5. The van der Waals surface area contributed by atoms with E-state index in [4.69, 9.17) is 77.4 Å². The Balaban J connectivity index is 0.000000338. The molecule has 28 heteroatoms. The predicted octanol–water partition coefficient (Wildman–Crippen LogP) is 2.33. The van der Waals surface area contributed by atoms with E-state index in [0.29, 0.717) is 162 Å². The van der Waals surface area contributed by atoms with Gasteiger partial charge in [-0.3, -0.25) is 30.0 Å². The molecule has 0 unspecified atom stereocenters. The molecule has 28 nitrogen and oxygen atoms in total. The number of carbonyl (C=O) groups excluding carboxylic acids is 4. The second-order valence-electron chi connectivity index (χ2n) is 20.5. The Kier molecular flexibility index (Phi) is 38.0. The zero-order valence-corrected chi connectivity index (χ0v) is 52.5. The Bertz CT molecular complexity index is 2820. The van der Waals surface area contributed by atoms with Crippen molar-refractivity contribution in [1.82, 2.24) is 21.5 Å². The molecule has 2 aliphatic rings. The van der Waals surface area contributed by atoms with Gasteiger partial charge in [0.1, 0.15) is 22.3 Å². The summed E-state index contributed by atoms with van der Waals surface area (Å²) in [7, 11) is 0. The Labute approximate surface area is 525 Å². The SMILES string of the molecule is CCN(CC)c1ccc2cc(C(=O)NCCOCCOCCOCCOCCOCCOCCOCCOCCCCC(=O)NN)c(=O)oc2c1.NNC(=O)CCOCCOCCOCCOCCNC(=O)c1cc2cc3c4c(c2oc1=O)CCCN4CCC3. The van der Waals surface area contributed by atoms with E-state index in [9.17, 15) is 28.8 Å². The Morgan fingerprint density at radius 2 is 0.911 bits per heavy atom. The highest BCUT2D eigenvalue weighted by molar-refractivity contribution is 5.98. The highest BCUT2D eigenvalue weighted by atomic mass is 16.6. The normalized spacial score (nSPS) is 12.6. The van der Waals surface area contributed by atoms with E-state index in [0.717, 1.165) is 81.3 Å². The maximum absolute atomic E-state index is 12.7. The van der Waals surface area contributed by atoms with Crippen LogP contribution in [-0.4, -0.2) is 221 Å². The van der Waals surface area contributed by atoms with Gasteiger partial charge in [-0.1, -0.05) is 0 Å². The van der Waals surface area contributed by atoms with Crippen LogP contribution in [0, 0.1) is 0 Å². The molecule has 8 N–H and O–H groups in total. The van der Waals surface area contributed by atoms with E-state index in [1.54, 1.807) is 12.1 Å². The van der Waals surface area contributed by atoms with E-state index in [-0.39, 0.29) is 62.3 Å². The number of carbonyl (C=O) groups is 4. The molecule has 0 bridgehead atoms. The fourth-order valence-corrected chi connectivity index (χ4v) is 9.51. The summed E-state index contributed by atoms with van der Waals surface area (Å²) in [5, 5.41) is 6.91. The molecule has 0 saturated heterocycles. The topological polar surface area (TPSA) is 346 Å². The van der Waals surface area contributed by atoms with Crippen LogP contribution in [0.3, 0.4) is 0 Å². The fourth-order valence-electron chi connectivity index (χ4n) is 9.51. The van der Waals surface area contributed by atoms with Crippen molar-refractivity contribution < 1.29 is 84.9 Å². The van der Waals surface area contributed by atoms with Crippen molar-refractivity contribution in [3.63, 3.8) is 0 Å². The molecule has 2 aromatic heterocycles. The number of rotatable bonds is 49. The smallest absolute Gasteiger partial charge is 0.349 e. The van der Waals surface area contributed by atoms with E-state index in [1.165, 1.54) is 11.3 Å². The summed E-state index contributed by atoms with van der Waals surface area (Å²) in [4.78, 5) is 76.8. The molecule has 0 fully saturated rings. The molecule has 0 saturated carbocycles. The zero-order chi connectivity index (χ0) is 64.2. The molecule has 0 spiro atoms. The van der Waals surface area contributed by atoms with Crippen molar-refractivity contribution in [3.05, 3.63) is 79.5 Å². The maximum Gasteiger partial charge on any atom is 0.349 e. The first-order valence-electron chi connectivity index (χ1n) is 31.3. The molecule has 504 valence electrons. The fraction of sp³-hybridized carbons (Fsp3) is 0.645. The number of nitrogens with zero attached hydrogens (tertiary/aromatic N) is 2. The van der Waals surface area contributed by atoms with E-state index < -0.39 is 23.1 Å². The van der Waals surface area contributed by atoms with E-state index >= 15 is 0 Å². The van der Waals surface area contributed by atoms with Gasteiger partial charge < -0.3 is 86.1 Å². The summed E-state index contributed by atoms with van der Waals surface area (Å²) in [6, 6.07) is 10.9. The standard InChI is InChI=1S/C35H58N4O12.C27H38N4O8/c1-3-39(4-2)30-9-8-29-27-31(35(42)51-32(29)28-30)34(41)37-10-12-44-14-16-46-18-20-48-22-24-50-26-25-49-23-21-47-19-17-45-15-13-43-11-6-5-7-33(40)38-36;28-30-23(32)5-9-35-11-13-37-15-16-38-14-12-36-10-6-29-26(33)22-18-20-17-19-3-1-7-31-8-2-4-21(24(19)31)25(20)39-27(22)34/h8-9,27-28H,3-7,10-26,36H2,1-2H3,(H,37,41)(H,38,40);17-18H,1-16,28H2,(H,29,33)(H,30,32). The number of nitrogens with one attached hydrogen (secondary N) is 4. The third-order valence-electron chi connectivity index (χ3n) is 14.1. The van der Waals surface area contributed by atoms with Crippen molar-refractivity contribution in [2.45, 2.75) is 65.2 Å². The van der Waals surface area contributed by atoms with Gasteiger partial charge in [0, 0.05) is 86.1 Å². The molecule has 0 aliphatic carbocycles. The molecule has 2 aliphatic heterocycles. The molecular weight excluding hydrogens is 1180 g/mol. The lowest BCUT2D eigenvalue weighted by Crippen LogP contribution is -2.35. The highest BCUT2D eigenvalue weighted by Gasteiger charge is 2.28. The number of hydrazine groups is 2. The zero-order valence-electron chi connectivity index (χ0n) is 52.5. The maximum atomic E-state index is 12.7. The number of benzene rings is 2. The minimum Gasteiger partial charge on any atom is -0.422 e. The van der Waals surface area contributed by atoms with Crippen LogP contribution in [0.25, 0.3) is 21.9 Å². The van der Waals surface area contributed by atoms with Crippen LogP contribution in [0.2, 0.25) is 0 Å². The molecule has 0 atom stereocenters. The van der Waals surface area contributed by atoms with Gasteiger partial charge in [-0.15, -0.1) is 0 Å². The lowest BCUT2D eigenvalue weighted by Gasteiger charge is -2.37. The quantitative estimate of drug-likeness (QED) is 0.0121. The number of hydrogen-bond acceptors (Lipinski definition) is 24. The molecular formula is C62H96N8O20. The van der Waals surface area contributed by atoms with Gasteiger partial charge in [-0.05, 0) is 88.3 Å². The summed E-state index contributed by atoms with van der Waals surface area (Å²) in [6.07, 6.45) is 6.17. The van der Waals surface area contributed by atoms with Gasteiger partial charge in [-0.2, -0.15) is 0 Å². The number of amides is 4. The van der Waals surface area contributed by atoms with Crippen LogP contribution in [0.4, 0.5) is 11.4 Å². The summed E-state index contributed by atoms with van der Waals surface area (Å²) < 4.78 is 76.4. The number of nitrogens with two attached hydrogens (primary N) is 2. The van der Waals surface area contributed by atoms with Crippen molar-refractivity contribution in [3.8, 4) is 0 Å². The molecule has 6 rings (SSSR count). The average Bonchev–Trinajstić information content (AvgIpc) is 0.777. The summed E-state index contributed by atoms with van der Waals surface area (Å²) in [6.45, 7) is 18.6. The molecule has 90 heavy (non-hydrogen) atoms.